The molecule has 1 aliphatic heterocycles. The third kappa shape index (κ3) is 2.05. The molecule has 1 aliphatic carbocycles. The number of aliphatic hydroxyl groups excluding tert-OH is 1. The summed E-state index contributed by atoms with van der Waals surface area (Å²) >= 11 is 0. The highest BCUT2D eigenvalue weighted by molar-refractivity contribution is 4.87. The Labute approximate surface area is 80.9 Å². The van der Waals surface area contributed by atoms with Gasteiger partial charge in [-0.1, -0.05) is 6.92 Å². The lowest BCUT2D eigenvalue weighted by atomic mass is 9.98. The number of nitrogens with zero attached hydrogens (tertiary/aromatic N) is 1. The summed E-state index contributed by atoms with van der Waals surface area (Å²) in [5.74, 6) is 0.835. The van der Waals surface area contributed by atoms with Crippen molar-refractivity contribution in [3.63, 3.8) is 0 Å². The third-order valence-electron chi connectivity index (χ3n) is 3.60. The Kier molecular flexibility index (Phi) is 2.89. The molecule has 1 N–H and O–H groups in total. The monoisotopic (exact) mass is 183 g/mol. The van der Waals surface area contributed by atoms with Gasteiger partial charge < -0.3 is 5.11 Å². The Hall–Kier alpha value is -0.0800. The van der Waals surface area contributed by atoms with E-state index in [0.717, 1.165) is 12.3 Å². The zero-order chi connectivity index (χ0) is 9.26. The summed E-state index contributed by atoms with van der Waals surface area (Å²) in [7, 11) is 0. The molecule has 3 atom stereocenters. The van der Waals surface area contributed by atoms with E-state index in [2.05, 4.69) is 11.8 Å². The predicted molar refractivity (Wildman–Crippen MR) is 53.6 cm³/mol. The molecule has 2 rings (SSSR count). The summed E-state index contributed by atoms with van der Waals surface area (Å²) in [6.07, 6.45) is 6.12. The van der Waals surface area contributed by atoms with E-state index in [1.54, 1.807) is 0 Å². The van der Waals surface area contributed by atoms with Crippen LogP contribution in [0.1, 0.15) is 39.0 Å². The number of rotatable bonds is 1. The quantitative estimate of drug-likeness (QED) is 0.668. The zero-order valence-electron chi connectivity index (χ0n) is 8.58. The number of hydrogen-bond acceptors (Lipinski definition) is 2. The van der Waals surface area contributed by atoms with E-state index < -0.39 is 0 Å². The topological polar surface area (TPSA) is 23.5 Å². The first-order valence-corrected chi connectivity index (χ1v) is 5.69. The largest absolute Gasteiger partial charge is 0.391 e. The fraction of sp³-hybridized carbons (Fsp3) is 1.00. The van der Waals surface area contributed by atoms with E-state index in [1.807, 2.05) is 0 Å². The van der Waals surface area contributed by atoms with E-state index in [-0.39, 0.29) is 6.10 Å². The molecular formula is C11H21NO. The maximum atomic E-state index is 9.79. The molecule has 0 aromatic carbocycles. The highest BCUT2D eigenvalue weighted by Gasteiger charge is 2.32. The van der Waals surface area contributed by atoms with Gasteiger partial charge in [0.15, 0.2) is 0 Å². The number of aliphatic hydroxyl groups is 1. The van der Waals surface area contributed by atoms with E-state index in [9.17, 15) is 5.11 Å². The van der Waals surface area contributed by atoms with Crippen molar-refractivity contribution < 1.29 is 5.11 Å². The maximum absolute atomic E-state index is 9.79. The van der Waals surface area contributed by atoms with Crippen LogP contribution in [-0.4, -0.2) is 35.2 Å². The van der Waals surface area contributed by atoms with Gasteiger partial charge in [-0.15, -0.1) is 0 Å². The minimum absolute atomic E-state index is 0.0368. The fourth-order valence-electron chi connectivity index (χ4n) is 2.87. The van der Waals surface area contributed by atoms with Crippen LogP contribution in [0.25, 0.3) is 0 Å². The van der Waals surface area contributed by atoms with E-state index >= 15 is 0 Å². The molecule has 1 heterocycles. The fourth-order valence-corrected chi connectivity index (χ4v) is 2.87. The van der Waals surface area contributed by atoms with Crippen LogP contribution >= 0.6 is 0 Å². The first-order chi connectivity index (χ1) is 6.27. The van der Waals surface area contributed by atoms with E-state index in [1.165, 1.54) is 38.8 Å². The highest BCUT2D eigenvalue weighted by Crippen LogP contribution is 2.27. The van der Waals surface area contributed by atoms with Gasteiger partial charge in [0.05, 0.1) is 6.10 Å². The minimum atomic E-state index is -0.0368. The molecule has 13 heavy (non-hydrogen) atoms. The standard InChI is InChI=1S/C11H21NO/c1-9-4-3-7-12(8-9)10-5-2-6-11(10)13/h9-11,13H,2-8H2,1H3/t9?,10-,11-/m0/s1. The first-order valence-electron chi connectivity index (χ1n) is 5.69. The second-order valence-electron chi connectivity index (χ2n) is 4.81. The first kappa shape index (κ1) is 9.47. The predicted octanol–water partition coefficient (Wildman–Crippen LogP) is 1.63. The molecule has 0 aromatic rings. The summed E-state index contributed by atoms with van der Waals surface area (Å²) in [5.41, 5.74) is 0. The molecule has 1 saturated heterocycles. The maximum Gasteiger partial charge on any atom is 0.0695 e. The molecular weight excluding hydrogens is 162 g/mol. The Morgan fingerprint density at radius 1 is 1.15 bits per heavy atom. The smallest absolute Gasteiger partial charge is 0.0695 e. The van der Waals surface area contributed by atoms with Crippen LogP contribution in [0.2, 0.25) is 0 Å². The Morgan fingerprint density at radius 3 is 2.62 bits per heavy atom. The van der Waals surface area contributed by atoms with Crippen LogP contribution in [-0.2, 0) is 0 Å². The van der Waals surface area contributed by atoms with E-state index in [4.69, 9.17) is 0 Å². The molecule has 76 valence electrons. The number of piperidine rings is 1. The van der Waals surface area contributed by atoms with Crippen LogP contribution in [0, 0.1) is 5.92 Å². The summed E-state index contributed by atoms with van der Waals surface area (Å²) in [4.78, 5) is 2.52. The molecule has 2 heteroatoms. The van der Waals surface area contributed by atoms with Crippen LogP contribution < -0.4 is 0 Å². The van der Waals surface area contributed by atoms with Crippen LogP contribution in [0.15, 0.2) is 0 Å². The van der Waals surface area contributed by atoms with Gasteiger partial charge in [-0.25, -0.2) is 0 Å². The Morgan fingerprint density at radius 2 is 2.00 bits per heavy atom. The van der Waals surface area contributed by atoms with Gasteiger partial charge in [-0.2, -0.15) is 0 Å². The van der Waals surface area contributed by atoms with Gasteiger partial charge in [-0.3, -0.25) is 4.90 Å². The van der Waals surface area contributed by atoms with Crippen molar-refractivity contribution in [3.05, 3.63) is 0 Å². The van der Waals surface area contributed by atoms with Crippen molar-refractivity contribution in [2.45, 2.75) is 51.2 Å². The summed E-state index contributed by atoms with van der Waals surface area (Å²) in [6.45, 7) is 4.75. The van der Waals surface area contributed by atoms with Crippen molar-refractivity contribution in [1.82, 2.24) is 4.90 Å². The molecule has 0 amide bonds. The lowest BCUT2D eigenvalue weighted by Crippen LogP contribution is -2.45. The molecule has 1 unspecified atom stereocenters. The SMILES string of the molecule is CC1CCCN([C@H]2CCC[C@@H]2O)C1. The van der Waals surface area contributed by atoms with Gasteiger partial charge in [0.1, 0.15) is 0 Å². The highest BCUT2D eigenvalue weighted by atomic mass is 16.3. The van der Waals surface area contributed by atoms with Crippen molar-refractivity contribution in [3.8, 4) is 0 Å². The number of hydrogen-bond donors (Lipinski definition) is 1. The van der Waals surface area contributed by atoms with Gasteiger partial charge in [0, 0.05) is 12.6 Å². The lowest BCUT2D eigenvalue weighted by Gasteiger charge is -2.36. The van der Waals surface area contributed by atoms with E-state index in [0.29, 0.717) is 6.04 Å². The lowest BCUT2D eigenvalue weighted by molar-refractivity contribution is 0.0460. The molecule has 2 nitrogen and oxygen atoms in total. The molecule has 2 aliphatic rings. The summed E-state index contributed by atoms with van der Waals surface area (Å²) < 4.78 is 0. The zero-order valence-corrected chi connectivity index (χ0v) is 8.58. The van der Waals surface area contributed by atoms with Crippen LogP contribution in [0.4, 0.5) is 0 Å². The van der Waals surface area contributed by atoms with Crippen molar-refractivity contribution in [1.29, 1.82) is 0 Å². The van der Waals surface area contributed by atoms with Crippen molar-refractivity contribution in [2.75, 3.05) is 13.1 Å². The van der Waals surface area contributed by atoms with Crippen LogP contribution in [0.5, 0.6) is 0 Å². The van der Waals surface area contributed by atoms with Gasteiger partial charge in [0.25, 0.3) is 0 Å². The molecule has 0 radical (unpaired) electrons. The molecule has 1 saturated carbocycles. The molecule has 0 aromatic heterocycles. The second kappa shape index (κ2) is 3.97. The molecule has 0 bridgehead atoms. The summed E-state index contributed by atoms with van der Waals surface area (Å²) in [5, 5.41) is 9.79. The molecule has 2 fully saturated rings. The second-order valence-corrected chi connectivity index (χ2v) is 4.81. The van der Waals surface area contributed by atoms with Gasteiger partial charge >= 0.3 is 0 Å². The third-order valence-corrected chi connectivity index (χ3v) is 3.60. The average molecular weight is 183 g/mol. The average Bonchev–Trinajstić information content (AvgIpc) is 2.51. The van der Waals surface area contributed by atoms with Crippen molar-refractivity contribution in [2.24, 2.45) is 5.92 Å². The minimum Gasteiger partial charge on any atom is -0.391 e. The number of likely N-dealkylation sites (tertiary alicyclic amines) is 1. The van der Waals surface area contributed by atoms with Crippen LogP contribution in [0.3, 0.4) is 0 Å². The summed E-state index contributed by atoms with van der Waals surface area (Å²) in [6, 6.07) is 0.489. The van der Waals surface area contributed by atoms with Crippen molar-refractivity contribution >= 4 is 0 Å². The normalized spacial score (nSPS) is 42.5. The van der Waals surface area contributed by atoms with Gasteiger partial charge in [-0.05, 0) is 44.6 Å². The molecule has 0 spiro atoms. The Bertz CT molecular complexity index is 171. The van der Waals surface area contributed by atoms with Gasteiger partial charge in [0.2, 0.25) is 0 Å². The Balaban J connectivity index is 1.91.